The van der Waals surface area contributed by atoms with Crippen LogP contribution in [0.4, 0.5) is 0 Å². The predicted molar refractivity (Wildman–Crippen MR) is 198 cm³/mol. The Hall–Kier alpha value is -0.530. The molecule has 0 fully saturated rings. The molecule has 0 saturated heterocycles. The van der Waals surface area contributed by atoms with Gasteiger partial charge in [0.25, 0.3) is 0 Å². The van der Waals surface area contributed by atoms with E-state index in [0.717, 1.165) is 12.8 Å². The number of carbonyl (C=O) groups is 1. The minimum absolute atomic E-state index is 0.0314. The number of esters is 1. The summed E-state index contributed by atoms with van der Waals surface area (Å²) in [4.78, 5) is 12.0. The van der Waals surface area contributed by atoms with Crippen molar-refractivity contribution < 1.29 is 9.53 Å². The molecule has 0 saturated carbocycles. The van der Waals surface area contributed by atoms with Crippen molar-refractivity contribution in [3.8, 4) is 0 Å². The lowest BCUT2D eigenvalue weighted by Gasteiger charge is -2.06. The molecule has 0 rings (SSSR count). The van der Waals surface area contributed by atoms with E-state index in [1.54, 1.807) is 0 Å². The lowest BCUT2D eigenvalue weighted by Crippen LogP contribution is -2.05. The molecule has 0 amide bonds. The highest BCUT2D eigenvalue weighted by Crippen LogP contribution is 2.16. The molecule has 0 aliphatic rings. The average Bonchev–Trinajstić information content (AvgIpc) is 3.03. The van der Waals surface area contributed by atoms with Gasteiger partial charge in [-0.15, -0.1) is 0 Å². The number of rotatable bonds is 39. The molecule has 0 spiro atoms. The molecule has 0 atom stereocenters. The highest BCUT2D eigenvalue weighted by molar-refractivity contribution is 5.69. The van der Waals surface area contributed by atoms with E-state index in [2.05, 4.69) is 13.8 Å². The van der Waals surface area contributed by atoms with Gasteiger partial charge in [0.1, 0.15) is 0 Å². The Morgan fingerprint density at radius 3 is 0.750 bits per heavy atom. The van der Waals surface area contributed by atoms with Crippen molar-refractivity contribution in [3.63, 3.8) is 0 Å². The highest BCUT2D eigenvalue weighted by Gasteiger charge is 2.03. The number of unbranched alkanes of at least 4 members (excludes halogenated alkanes) is 35. The molecule has 0 heterocycles. The maximum absolute atomic E-state index is 12.0. The van der Waals surface area contributed by atoms with Gasteiger partial charge >= 0.3 is 5.97 Å². The number of hydrogen-bond acceptors (Lipinski definition) is 2. The fraction of sp³-hybridized carbons (Fsp3) is 0.976. The van der Waals surface area contributed by atoms with Crippen molar-refractivity contribution in [1.82, 2.24) is 0 Å². The summed E-state index contributed by atoms with van der Waals surface area (Å²) in [7, 11) is 0. The fourth-order valence-corrected chi connectivity index (χ4v) is 6.61. The van der Waals surface area contributed by atoms with Crippen LogP contribution in [0, 0.1) is 0 Å². The van der Waals surface area contributed by atoms with Crippen LogP contribution in [0.15, 0.2) is 0 Å². The molecule has 0 aromatic rings. The summed E-state index contributed by atoms with van der Waals surface area (Å²) in [6.07, 6.45) is 52.0. The molecule has 0 aliphatic carbocycles. The van der Waals surface area contributed by atoms with E-state index in [4.69, 9.17) is 4.74 Å². The summed E-state index contributed by atoms with van der Waals surface area (Å²) >= 11 is 0. The van der Waals surface area contributed by atoms with Gasteiger partial charge in [0.05, 0.1) is 6.61 Å². The summed E-state index contributed by atoms with van der Waals surface area (Å²) < 4.78 is 5.47. The minimum atomic E-state index is 0.0314. The largest absolute Gasteiger partial charge is 0.466 e. The van der Waals surface area contributed by atoms with Gasteiger partial charge in [0.15, 0.2) is 0 Å². The van der Waals surface area contributed by atoms with Crippen LogP contribution in [0.2, 0.25) is 0 Å². The van der Waals surface area contributed by atoms with Crippen LogP contribution >= 0.6 is 0 Å². The highest BCUT2D eigenvalue weighted by atomic mass is 16.5. The van der Waals surface area contributed by atoms with Gasteiger partial charge in [-0.2, -0.15) is 0 Å². The van der Waals surface area contributed by atoms with Gasteiger partial charge < -0.3 is 4.74 Å². The van der Waals surface area contributed by atoms with Gasteiger partial charge in [-0.1, -0.05) is 239 Å². The van der Waals surface area contributed by atoms with Crippen molar-refractivity contribution in [3.05, 3.63) is 0 Å². The van der Waals surface area contributed by atoms with E-state index < -0.39 is 0 Å². The predicted octanol–water partition coefficient (Wildman–Crippen LogP) is 15.4. The maximum atomic E-state index is 12.0. The first-order valence-corrected chi connectivity index (χ1v) is 21.0. The molecule has 0 N–H and O–H groups in total. The second-order valence-corrected chi connectivity index (χ2v) is 14.3. The molecule has 0 unspecified atom stereocenters. The van der Waals surface area contributed by atoms with Crippen LogP contribution in [0.1, 0.15) is 258 Å². The smallest absolute Gasteiger partial charge is 0.305 e. The SMILES string of the molecule is CCCCCCCCCCCCCCCCCCCCCCC(=O)OCCCCCCCCCCCCCCCCCCC. The molecule has 0 aromatic heterocycles. The Labute approximate surface area is 279 Å². The molecular formula is C42H84O2. The van der Waals surface area contributed by atoms with Crippen LogP contribution in [0.3, 0.4) is 0 Å². The van der Waals surface area contributed by atoms with Crippen LogP contribution < -0.4 is 0 Å². The monoisotopic (exact) mass is 621 g/mol. The van der Waals surface area contributed by atoms with Crippen molar-refractivity contribution in [1.29, 1.82) is 0 Å². The van der Waals surface area contributed by atoms with E-state index in [1.165, 1.54) is 225 Å². The third kappa shape index (κ3) is 39.5. The third-order valence-electron chi connectivity index (χ3n) is 9.75. The fourth-order valence-electron chi connectivity index (χ4n) is 6.61. The van der Waals surface area contributed by atoms with E-state index in [1.807, 2.05) is 0 Å². The van der Waals surface area contributed by atoms with E-state index >= 15 is 0 Å². The first kappa shape index (κ1) is 43.5. The lowest BCUT2D eigenvalue weighted by atomic mass is 10.0. The number of carbonyl (C=O) groups excluding carboxylic acids is 1. The number of ether oxygens (including phenoxy) is 1. The molecule has 0 bridgehead atoms. The van der Waals surface area contributed by atoms with Crippen LogP contribution in [-0.2, 0) is 9.53 Å². The summed E-state index contributed by atoms with van der Waals surface area (Å²) in [5.41, 5.74) is 0. The van der Waals surface area contributed by atoms with Gasteiger partial charge in [0.2, 0.25) is 0 Å². The second kappa shape index (κ2) is 40.5. The topological polar surface area (TPSA) is 26.3 Å². The quantitative estimate of drug-likeness (QED) is 0.0505. The van der Waals surface area contributed by atoms with Crippen LogP contribution in [0.5, 0.6) is 0 Å². The first-order valence-electron chi connectivity index (χ1n) is 21.0. The Morgan fingerprint density at radius 2 is 0.500 bits per heavy atom. The summed E-state index contributed by atoms with van der Waals surface area (Å²) in [6, 6.07) is 0. The number of hydrogen-bond donors (Lipinski definition) is 0. The van der Waals surface area contributed by atoms with Crippen molar-refractivity contribution in [2.24, 2.45) is 0 Å². The Balaban J connectivity index is 3.14. The van der Waals surface area contributed by atoms with Gasteiger partial charge in [-0.05, 0) is 12.8 Å². The van der Waals surface area contributed by atoms with Crippen molar-refractivity contribution in [2.75, 3.05) is 6.61 Å². The van der Waals surface area contributed by atoms with Gasteiger partial charge in [0, 0.05) is 6.42 Å². The van der Waals surface area contributed by atoms with Gasteiger partial charge in [-0.25, -0.2) is 0 Å². The summed E-state index contributed by atoms with van der Waals surface area (Å²) in [6.45, 7) is 5.23. The second-order valence-electron chi connectivity index (χ2n) is 14.3. The zero-order chi connectivity index (χ0) is 31.9. The molecule has 2 nitrogen and oxygen atoms in total. The molecule has 0 aliphatic heterocycles. The molecule has 44 heavy (non-hydrogen) atoms. The molecule has 0 radical (unpaired) electrons. The average molecular weight is 621 g/mol. The Kier molecular flexibility index (Phi) is 40.0. The lowest BCUT2D eigenvalue weighted by molar-refractivity contribution is -0.143. The third-order valence-corrected chi connectivity index (χ3v) is 9.75. The van der Waals surface area contributed by atoms with E-state index in [-0.39, 0.29) is 5.97 Å². The van der Waals surface area contributed by atoms with E-state index in [0.29, 0.717) is 13.0 Å². The molecule has 0 aromatic carbocycles. The zero-order valence-electron chi connectivity index (χ0n) is 30.9. The van der Waals surface area contributed by atoms with Crippen LogP contribution in [-0.4, -0.2) is 12.6 Å². The Morgan fingerprint density at radius 1 is 0.295 bits per heavy atom. The minimum Gasteiger partial charge on any atom is -0.466 e. The van der Waals surface area contributed by atoms with E-state index in [9.17, 15) is 4.79 Å². The summed E-state index contributed by atoms with van der Waals surface area (Å²) in [5.74, 6) is 0.0314. The van der Waals surface area contributed by atoms with Crippen molar-refractivity contribution >= 4 is 5.97 Å². The molecule has 2 heteroatoms. The Bertz CT molecular complexity index is 516. The van der Waals surface area contributed by atoms with Crippen molar-refractivity contribution in [2.45, 2.75) is 258 Å². The molecule has 264 valence electrons. The first-order chi connectivity index (χ1) is 21.8. The normalized spacial score (nSPS) is 11.4. The summed E-state index contributed by atoms with van der Waals surface area (Å²) in [5, 5.41) is 0. The zero-order valence-corrected chi connectivity index (χ0v) is 30.9. The van der Waals surface area contributed by atoms with Gasteiger partial charge in [-0.3, -0.25) is 4.79 Å². The molecular weight excluding hydrogens is 536 g/mol. The standard InChI is InChI=1S/C42H84O2/c1-3-5-7-9-11-13-15-17-19-21-22-23-24-26-28-30-32-34-36-38-40-42(43)44-41-39-37-35-33-31-29-27-25-20-18-16-14-12-10-8-6-4-2/h3-41H2,1-2H3. The van der Waals surface area contributed by atoms with Crippen LogP contribution in [0.25, 0.3) is 0 Å². The maximum Gasteiger partial charge on any atom is 0.305 e.